The highest BCUT2D eigenvalue weighted by Crippen LogP contribution is 2.56. The van der Waals surface area contributed by atoms with Gasteiger partial charge in [0.05, 0.1) is 39.9 Å². The molecule has 0 radical (unpaired) electrons. The van der Waals surface area contributed by atoms with Crippen molar-refractivity contribution >= 4 is 51.1 Å². The molecule has 3 aliphatic rings. The van der Waals surface area contributed by atoms with E-state index in [-0.39, 0.29) is 22.1 Å². The van der Waals surface area contributed by atoms with E-state index < -0.39 is 86.3 Å². The summed E-state index contributed by atoms with van der Waals surface area (Å²) in [5.41, 5.74) is 1.87. The minimum Gasteiger partial charge on any atom is -0.508 e. The number of benzene rings is 2. The first-order valence-corrected chi connectivity index (χ1v) is 15.1. The lowest BCUT2D eigenvalue weighted by Gasteiger charge is -2.53. The van der Waals surface area contributed by atoms with Crippen LogP contribution in [-0.4, -0.2) is 89.7 Å². The molecule has 47 heavy (non-hydrogen) atoms. The molecule has 0 aliphatic heterocycles. The Morgan fingerprint density at radius 3 is 2.51 bits per heavy atom. The number of fused-ring (bicyclic) bond motifs is 3. The molecular weight excluding hydrogens is 634 g/mol. The minimum absolute atomic E-state index is 0.0663. The van der Waals surface area contributed by atoms with Gasteiger partial charge in [0, 0.05) is 34.6 Å². The average molecular weight is 664 g/mol. The number of primary amides is 1. The maximum Gasteiger partial charge on any atom is 0.270 e. The van der Waals surface area contributed by atoms with E-state index in [0.29, 0.717) is 16.8 Å². The second kappa shape index (κ2) is 11.0. The second-order valence-corrected chi connectivity index (χ2v) is 12.8. The van der Waals surface area contributed by atoms with Gasteiger partial charge in [0.1, 0.15) is 22.8 Å². The molecule has 244 valence electrons. The van der Waals surface area contributed by atoms with Gasteiger partial charge in [-0.2, -0.15) is 0 Å². The summed E-state index contributed by atoms with van der Waals surface area (Å²) in [5, 5.41) is 73.6. The number of aliphatic hydroxyl groups excluding tert-OH is 3. The summed E-state index contributed by atoms with van der Waals surface area (Å²) in [7, 11) is 2.87. The van der Waals surface area contributed by atoms with Crippen LogP contribution in [0.2, 0.25) is 0 Å². The monoisotopic (exact) mass is 663 g/mol. The van der Waals surface area contributed by atoms with Gasteiger partial charge in [0.25, 0.3) is 11.6 Å². The fourth-order valence-electron chi connectivity index (χ4n) is 7.08. The third kappa shape index (κ3) is 4.51. The van der Waals surface area contributed by atoms with Crippen LogP contribution in [0.3, 0.4) is 0 Å². The molecule has 2 aromatic carbocycles. The number of Topliss-reactive ketones (excluding diaryl/α,β-unsaturated/α-hetero) is 2. The molecule has 6 atom stereocenters. The molecule has 0 bridgehead atoms. The number of likely N-dealkylation sites (N-methyl/N-ethyl adjacent to an activating group) is 1. The number of aliphatic hydroxyl groups is 4. The van der Waals surface area contributed by atoms with Gasteiger partial charge >= 0.3 is 0 Å². The van der Waals surface area contributed by atoms with E-state index in [4.69, 9.17) is 5.73 Å². The van der Waals surface area contributed by atoms with Gasteiger partial charge in [0.15, 0.2) is 16.5 Å². The molecule has 8 N–H and O–H groups in total. The predicted molar refractivity (Wildman–Crippen MR) is 168 cm³/mol. The van der Waals surface area contributed by atoms with Gasteiger partial charge in [0.2, 0.25) is 5.78 Å². The Morgan fingerprint density at radius 2 is 1.87 bits per heavy atom. The second-order valence-electron chi connectivity index (χ2n) is 11.9. The van der Waals surface area contributed by atoms with Crippen molar-refractivity contribution in [3.8, 4) is 17.0 Å². The normalized spacial score (nSPS) is 27.0. The number of aromatic nitrogens is 1. The van der Waals surface area contributed by atoms with Crippen LogP contribution in [0.4, 0.5) is 16.5 Å². The number of ketones is 2. The van der Waals surface area contributed by atoms with Gasteiger partial charge < -0.3 is 36.6 Å². The third-order valence-corrected chi connectivity index (χ3v) is 9.99. The number of phenols is 1. The molecule has 1 amide bonds. The van der Waals surface area contributed by atoms with E-state index in [1.807, 2.05) is 0 Å². The van der Waals surface area contributed by atoms with Crippen molar-refractivity contribution in [3.63, 3.8) is 0 Å². The third-order valence-electron chi connectivity index (χ3n) is 9.23. The number of rotatable bonds is 6. The standard InChI is InChI=1S/C31H29N5O10S/c1-11-14-7-8-15(33-30-34-16(10-47-30)12-5-4-6-13(9-12)36(45)46)23(37)18(14)24(38)19-17(11)25(39)21-22(35(2)3)26(40)20(29(32)43)28(42)31(21,44)27(19)41/h4-11,17,21-22,25,37-39,42,44H,1-3H3,(H2,32,43)(H,33,34)/t11-,17+,21+,22-,25-,31-/m0/s1. The highest BCUT2D eigenvalue weighted by molar-refractivity contribution is 7.14. The Hall–Kier alpha value is -5.16. The lowest BCUT2D eigenvalue weighted by molar-refractivity contribution is -0.384. The Balaban J connectivity index is 1.44. The van der Waals surface area contributed by atoms with Crippen molar-refractivity contribution in [2.45, 2.75) is 30.6 Å². The van der Waals surface area contributed by atoms with Crippen molar-refractivity contribution < 1.29 is 44.8 Å². The largest absolute Gasteiger partial charge is 0.508 e. The van der Waals surface area contributed by atoms with Crippen molar-refractivity contribution in [3.05, 3.63) is 79.9 Å². The fraction of sp³-hybridized carbons (Fsp3) is 0.290. The zero-order chi connectivity index (χ0) is 34.3. The smallest absolute Gasteiger partial charge is 0.270 e. The summed E-state index contributed by atoms with van der Waals surface area (Å²) >= 11 is 1.14. The zero-order valence-corrected chi connectivity index (χ0v) is 25.8. The minimum atomic E-state index is -3.01. The molecule has 3 aromatic rings. The number of anilines is 2. The van der Waals surface area contributed by atoms with Crippen LogP contribution in [0.25, 0.3) is 17.0 Å². The number of carbonyl (C=O) groups is 3. The number of nitro groups is 1. The molecule has 16 heteroatoms. The number of nitro benzene ring substituents is 1. The van der Waals surface area contributed by atoms with E-state index in [0.717, 1.165) is 11.3 Å². The number of amides is 1. The Labute approximate surface area is 270 Å². The number of nitrogens with zero attached hydrogens (tertiary/aromatic N) is 3. The van der Waals surface area contributed by atoms with Crippen molar-refractivity contribution in [1.82, 2.24) is 9.88 Å². The summed E-state index contributed by atoms with van der Waals surface area (Å²) in [5.74, 6) is -9.82. The maximum atomic E-state index is 14.2. The highest BCUT2D eigenvalue weighted by atomic mass is 32.1. The number of non-ortho nitro benzene ring substituents is 1. The molecule has 1 heterocycles. The average Bonchev–Trinajstić information content (AvgIpc) is 3.48. The van der Waals surface area contributed by atoms with Crippen LogP contribution >= 0.6 is 11.3 Å². The SMILES string of the molecule is C[C@H]1c2ccc(Nc3nc(-c4cccc([N+](=O)[O-])c4)cs3)c(O)c2C(O)=C2C(=O)[C@]3(O)C(O)=C(C(N)=O)C(=O)[C@@H](N(C)C)[C@@H]3[C@@H](O)[C@@H]21. The van der Waals surface area contributed by atoms with Gasteiger partial charge in [-0.15, -0.1) is 11.3 Å². The lowest BCUT2D eigenvalue weighted by atomic mass is 9.54. The first kappa shape index (κ1) is 31.8. The Morgan fingerprint density at radius 1 is 1.17 bits per heavy atom. The van der Waals surface area contributed by atoms with Crippen molar-refractivity contribution in [2.75, 3.05) is 19.4 Å². The molecule has 1 aromatic heterocycles. The van der Waals surface area contributed by atoms with Gasteiger partial charge in [-0.05, 0) is 31.6 Å². The number of phenolic OH excluding ortho intramolecular Hbond substituents is 1. The molecular formula is C31H29N5O10S. The van der Waals surface area contributed by atoms with Gasteiger partial charge in [-0.3, -0.25) is 29.4 Å². The van der Waals surface area contributed by atoms with Crippen molar-refractivity contribution in [2.24, 2.45) is 17.6 Å². The number of hydrogen-bond donors (Lipinski definition) is 7. The first-order chi connectivity index (χ1) is 22.1. The number of aromatic hydroxyl groups is 1. The van der Waals surface area contributed by atoms with E-state index >= 15 is 0 Å². The highest BCUT2D eigenvalue weighted by Gasteiger charge is 2.68. The van der Waals surface area contributed by atoms with Crippen LogP contribution in [0.15, 0.2) is 58.7 Å². The zero-order valence-electron chi connectivity index (χ0n) is 25.0. The Kier molecular flexibility index (Phi) is 7.43. The number of thiazole rings is 1. The molecule has 15 nitrogen and oxygen atoms in total. The fourth-order valence-corrected chi connectivity index (χ4v) is 7.81. The van der Waals surface area contributed by atoms with Crippen LogP contribution < -0.4 is 11.1 Å². The number of nitrogens with one attached hydrogen (secondary N) is 1. The first-order valence-electron chi connectivity index (χ1n) is 14.3. The van der Waals surface area contributed by atoms with E-state index in [2.05, 4.69) is 10.3 Å². The van der Waals surface area contributed by atoms with E-state index in [1.165, 1.54) is 43.3 Å². The molecule has 3 aliphatic carbocycles. The summed E-state index contributed by atoms with van der Waals surface area (Å²) in [6.45, 7) is 1.63. The number of nitrogens with two attached hydrogens (primary N) is 1. The van der Waals surface area contributed by atoms with E-state index in [1.54, 1.807) is 24.4 Å². The lowest BCUT2D eigenvalue weighted by Crippen LogP contribution is -2.70. The quantitative estimate of drug-likeness (QED) is 0.0866. The maximum absolute atomic E-state index is 14.2. The van der Waals surface area contributed by atoms with Gasteiger partial charge in [-0.25, -0.2) is 4.98 Å². The molecule has 1 fully saturated rings. The Bertz CT molecular complexity index is 1970. The summed E-state index contributed by atoms with van der Waals surface area (Å²) in [6, 6.07) is 7.53. The summed E-state index contributed by atoms with van der Waals surface area (Å²) in [4.78, 5) is 56.1. The van der Waals surface area contributed by atoms with Crippen LogP contribution in [0, 0.1) is 22.0 Å². The molecule has 0 saturated heterocycles. The molecule has 6 rings (SSSR count). The van der Waals surface area contributed by atoms with Crippen LogP contribution in [0.1, 0.15) is 24.0 Å². The van der Waals surface area contributed by atoms with Crippen LogP contribution in [0.5, 0.6) is 5.75 Å². The van der Waals surface area contributed by atoms with Gasteiger partial charge in [-0.1, -0.05) is 25.1 Å². The summed E-state index contributed by atoms with van der Waals surface area (Å²) < 4.78 is 0. The van der Waals surface area contributed by atoms with Crippen LogP contribution in [-0.2, 0) is 14.4 Å². The number of hydrogen-bond acceptors (Lipinski definition) is 14. The van der Waals surface area contributed by atoms with Crippen molar-refractivity contribution in [1.29, 1.82) is 0 Å². The molecule has 1 saturated carbocycles. The number of carbonyl (C=O) groups excluding carboxylic acids is 3. The topological polar surface area (TPSA) is 250 Å². The molecule has 0 spiro atoms. The predicted octanol–water partition coefficient (Wildman–Crippen LogP) is 2.27. The molecule has 0 unspecified atom stereocenters. The summed E-state index contributed by atoms with van der Waals surface area (Å²) in [6.07, 6.45) is -1.70. The van der Waals surface area contributed by atoms with E-state index in [9.17, 15) is 50.0 Å².